The van der Waals surface area contributed by atoms with Gasteiger partial charge in [-0.2, -0.15) is 0 Å². The number of carbonyl (C=O) groups is 3. The van der Waals surface area contributed by atoms with Crippen molar-refractivity contribution in [3.63, 3.8) is 0 Å². The highest BCUT2D eigenvalue weighted by molar-refractivity contribution is 5.96. The molecule has 3 aromatic rings. The van der Waals surface area contributed by atoms with E-state index in [2.05, 4.69) is 10.6 Å². The van der Waals surface area contributed by atoms with Gasteiger partial charge in [0.1, 0.15) is 6.54 Å². The Bertz CT molecular complexity index is 1060. The normalized spacial score (nSPS) is 10.6. The van der Waals surface area contributed by atoms with Gasteiger partial charge in [-0.15, -0.1) is 0 Å². The lowest BCUT2D eigenvalue weighted by molar-refractivity contribution is -0.148. The lowest BCUT2D eigenvalue weighted by Gasteiger charge is -2.14. The minimum Gasteiger partial charge on any atom is -0.454 e. The van der Waals surface area contributed by atoms with Crippen LogP contribution in [0.1, 0.15) is 6.92 Å². The largest absolute Gasteiger partial charge is 0.454 e. The molecule has 0 aliphatic carbocycles. The topological polar surface area (TPSA) is 106 Å². The van der Waals surface area contributed by atoms with Crippen molar-refractivity contribution in [1.82, 2.24) is 15.2 Å². The van der Waals surface area contributed by atoms with Gasteiger partial charge in [0.25, 0.3) is 5.91 Å². The highest BCUT2D eigenvalue weighted by Gasteiger charge is 2.15. The SMILES string of the molecule is CCNC(=O)NC(=O)COC(=O)Cn1c2ccccc2c(=O)c2ccccc21. The summed E-state index contributed by atoms with van der Waals surface area (Å²) in [6, 6.07) is 13.3. The van der Waals surface area contributed by atoms with Crippen LogP contribution in [0.2, 0.25) is 0 Å². The summed E-state index contributed by atoms with van der Waals surface area (Å²) in [6.45, 7) is 1.32. The van der Waals surface area contributed by atoms with E-state index in [-0.39, 0.29) is 12.0 Å². The number of nitrogens with one attached hydrogen (secondary N) is 2. The van der Waals surface area contributed by atoms with Crippen LogP contribution in [0.3, 0.4) is 0 Å². The lowest BCUT2D eigenvalue weighted by atomic mass is 10.1. The van der Waals surface area contributed by atoms with Crippen LogP contribution in [-0.2, 0) is 20.9 Å². The second kappa shape index (κ2) is 8.34. The molecule has 0 radical (unpaired) electrons. The summed E-state index contributed by atoms with van der Waals surface area (Å²) in [5, 5.41) is 5.43. The molecule has 0 atom stereocenters. The minimum absolute atomic E-state index is 0.114. The fourth-order valence-electron chi connectivity index (χ4n) is 2.94. The van der Waals surface area contributed by atoms with Crippen molar-refractivity contribution >= 4 is 39.7 Å². The maximum Gasteiger partial charge on any atom is 0.326 e. The van der Waals surface area contributed by atoms with E-state index >= 15 is 0 Å². The molecule has 28 heavy (non-hydrogen) atoms. The monoisotopic (exact) mass is 381 g/mol. The van der Waals surface area contributed by atoms with Crippen LogP contribution >= 0.6 is 0 Å². The summed E-state index contributed by atoms with van der Waals surface area (Å²) in [5.41, 5.74) is 1.07. The third-order valence-corrected chi connectivity index (χ3v) is 4.12. The summed E-state index contributed by atoms with van der Waals surface area (Å²) in [6.07, 6.45) is 0. The van der Waals surface area contributed by atoms with Gasteiger partial charge in [0.15, 0.2) is 12.0 Å². The van der Waals surface area contributed by atoms with Gasteiger partial charge in [-0.25, -0.2) is 4.79 Å². The Morgan fingerprint density at radius 3 is 2.11 bits per heavy atom. The first-order valence-corrected chi connectivity index (χ1v) is 8.75. The van der Waals surface area contributed by atoms with Crippen molar-refractivity contribution < 1.29 is 19.1 Å². The number of benzene rings is 2. The van der Waals surface area contributed by atoms with Gasteiger partial charge in [0, 0.05) is 17.3 Å². The summed E-state index contributed by atoms with van der Waals surface area (Å²) in [4.78, 5) is 47.9. The van der Waals surface area contributed by atoms with Crippen LogP contribution in [0.25, 0.3) is 21.8 Å². The predicted octanol–water partition coefficient (Wildman–Crippen LogP) is 1.54. The molecule has 144 valence electrons. The Balaban J connectivity index is 1.82. The molecule has 0 bridgehead atoms. The van der Waals surface area contributed by atoms with Gasteiger partial charge in [-0.1, -0.05) is 24.3 Å². The van der Waals surface area contributed by atoms with E-state index in [9.17, 15) is 19.2 Å². The number of nitrogens with zero attached hydrogens (tertiary/aromatic N) is 1. The van der Waals surface area contributed by atoms with Crippen molar-refractivity contribution in [2.75, 3.05) is 13.2 Å². The van der Waals surface area contributed by atoms with Crippen LogP contribution < -0.4 is 16.1 Å². The number of ether oxygens (including phenoxy) is 1. The maximum absolute atomic E-state index is 12.7. The van der Waals surface area contributed by atoms with Crippen LogP contribution in [0.5, 0.6) is 0 Å². The summed E-state index contributed by atoms with van der Waals surface area (Å²) in [7, 11) is 0. The van der Waals surface area contributed by atoms with Crippen LogP contribution in [0.15, 0.2) is 53.3 Å². The van der Waals surface area contributed by atoms with Crippen LogP contribution in [-0.4, -0.2) is 35.6 Å². The van der Waals surface area contributed by atoms with E-state index in [4.69, 9.17) is 4.74 Å². The number of rotatable bonds is 5. The zero-order chi connectivity index (χ0) is 20.1. The Morgan fingerprint density at radius 1 is 0.964 bits per heavy atom. The Morgan fingerprint density at radius 2 is 1.54 bits per heavy atom. The predicted molar refractivity (Wildman–Crippen MR) is 104 cm³/mol. The minimum atomic E-state index is -0.728. The van der Waals surface area contributed by atoms with E-state index in [1.807, 2.05) is 0 Å². The molecule has 1 aromatic heterocycles. The summed E-state index contributed by atoms with van der Waals surface area (Å²) >= 11 is 0. The average Bonchev–Trinajstić information content (AvgIpc) is 2.70. The van der Waals surface area contributed by atoms with E-state index in [1.54, 1.807) is 60.0 Å². The number of hydrogen-bond donors (Lipinski definition) is 2. The number of imide groups is 1. The van der Waals surface area contributed by atoms with Crippen molar-refractivity contribution in [2.24, 2.45) is 0 Å². The lowest BCUT2D eigenvalue weighted by Crippen LogP contribution is -2.41. The first-order chi connectivity index (χ1) is 13.5. The third kappa shape index (κ3) is 4.01. The average molecular weight is 381 g/mol. The van der Waals surface area contributed by atoms with Crippen LogP contribution in [0.4, 0.5) is 4.79 Å². The van der Waals surface area contributed by atoms with E-state index in [0.717, 1.165) is 0 Å². The molecule has 0 saturated heterocycles. The molecule has 8 nitrogen and oxygen atoms in total. The van der Waals surface area contributed by atoms with E-state index in [0.29, 0.717) is 28.4 Å². The molecule has 0 fully saturated rings. The zero-order valence-corrected chi connectivity index (χ0v) is 15.2. The highest BCUT2D eigenvalue weighted by Crippen LogP contribution is 2.19. The molecule has 0 spiro atoms. The van der Waals surface area contributed by atoms with Gasteiger partial charge < -0.3 is 14.6 Å². The Hall–Kier alpha value is -3.68. The molecule has 1 heterocycles. The number of pyridine rings is 1. The third-order valence-electron chi connectivity index (χ3n) is 4.12. The molecule has 3 rings (SSSR count). The maximum atomic E-state index is 12.7. The van der Waals surface area contributed by atoms with Crippen LogP contribution in [0, 0.1) is 0 Å². The summed E-state index contributed by atoms with van der Waals surface area (Å²) in [5.74, 6) is -1.39. The number of aromatic nitrogens is 1. The number of carbonyl (C=O) groups excluding carboxylic acids is 3. The molecule has 0 aliphatic rings. The number of urea groups is 1. The Labute approximate surface area is 160 Å². The fraction of sp³-hybridized carbons (Fsp3) is 0.200. The van der Waals surface area contributed by atoms with Gasteiger partial charge in [-0.05, 0) is 31.2 Å². The number of hydrogen-bond acceptors (Lipinski definition) is 5. The molecular formula is C20H19N3O5. The highest BCUT2D eigenvalue weighted by atomic mass is 16.5. The molecule has 2 aromatic carbocycles. The van der Waals surface area contributed by atoms with Crippen molar-refractivity contribution in [3.8, 4) is 0 Å². The number of fused-ring (bicyclic) bond motifs is 2. The first kappa shape index (κ1) is 19.1. The van der Waals surface area contributed by atoms with Crippen molar-refractivity contribution in [3.05, 3.63) is 58.8 Å². The number of para-hydroxylation sites is 2. The fourth-order valence-corrected chi connectivity index (χ4v) is 2.94. The Kier molecular flexibility index (Phi) is 5.69. The van der Waals surface area contributed by atoms with Gasteiger partial charge in [0.05, 0.1) is 11.0 Å². The summed E-state index contributed by atoms with van der Waals surface area (Å²) < 4.78 is 6.66. The molecule has 0 aliphatic heterocycles. The number of amides is 3. The molecule has 0 saturated carbocycles. The molecule has 0 unspecified atom stereocenters. The second-order valence-corrected chi connectivity index (χ2v) is 6.02. The molecule has 3 amide bonds. The van der Waals surface area contributed by atoms with Gasteiger partial charge >= 0.3 is 12.0 Å². The van der Waals surface area contributed by atoms with Crippen molar-refractivity contribution in [2.45, 2.75) is 13.5 Å². The smallest absolute Gasteiger partial charge is 0.326 e. The molecular weight excluding hydrogens is 362 g/mol. The van der Waals surface area contributed by atoms with Gasteiger partial charge in [0.2, 0.25) is 0 Å². The van der Waals surface area contributed by atoms with Gasteiger partial charge in [-0.3, -0.25) is 19.7 Å². The standard InChI is InChI=1S/C20H19N3O5/c1-2-21-20(27)22-17(24)12-28-18(25)11-23-15-9-5-3-7-13(15)19(26)14-8-4-6-10-16(14)23/h3-10H,2,11-12H2,1H3,(H2,21,22,24,27). The second-order valence-electron chi connectivity index (χ2n) is 6.02. The number of esters is 1. The van der Waals surface area contributed by atoms with E-state index in [1.165, 1.54) is 0 Å². The van der Waals surface area contributed by atoms with E-state index < -0.39 is 24.5 Å². The van der Waals surface area contributed by atoms with Crippen molar-refractivity contribution in [1.29, 1.82) is 0 Å². The zero-order valence-electron chi connectivity index (χ0n) is 15.2. The first-order valence-electron chi connectivity index (χ1n) is 8.75. The molecule has 2 N–H and O–H groups in total. The quantitative estimate of drug-likeness (QED) is 0.515. The molecule has 8 heteroatoms.